The summed E-state index contributed by atoms with van der Waals surface area (Å²) in [5, 5.41) is 13.6. The van der Waals surface area contributed by atoms with E-state index >= 15 is 0 Å². The summed E-state index contributed by atoms with van der Waals surface area (Å²) in [6.45, 7) is 6.39. The largest absolute Gasteiger partial charge is 0.390 e. The van der Waals surface area contributed by atoms with E-state index in [0.29, 0.717) is 0 Å². The highest BCUT2D eigenvalue weighted by Gasteiger charge is 2.36. The first-order chi connectivity index (χ1) is 11.8. The zero-order valence-electron chi connectivity index (χ0n) is 13.7. The molecule has 0 bridgehead atoms. The third-order valence-electron chi connectivity index (χ3n) is 4.93. The van der Waals surface area contributed by atoms with Gasteiger partial charge in [0.15, 0.2) is 0 Å². The predicted molar refractivity (Wildman–Crippen MR) is 95.2 cm³/mol. The van der Waals surface area contributed by atoms with Crippen LogP contribution in [0.3, 0.4) is 0 Å². The molecule has 6 nitrogen and oxygen atoms in total. The molecule has 2 aromatic rings. The van der Waals surface area contributed by atoms with Crippen molar-refractivity contribution in [3.8, 4) is 0 Å². The van der Waals surface area contributed by atoms with E-state index in [1.165, 1.54) is 0 Å². The lowest BCUT2D eigenvalue weighted by molar-refractivity contribution is 0.0790. The van der Waals surface area contributed by atoms with Crippen molar-refractivity contribution in [3.05, 3.63) is 41.0 Å². The molecule has 0 saturated carbocycles. The SMILES string of the molecule is O[C@@H]1CN(Cc2nccs2)C[C@H]1N1CCN(c2ccccn2)CC1. The van der Waals surface area contributed by atoms with Crippen LogP contribution in [0.2, 0.25) is 0 Å². The van der Waals surface area contributed by atoms with Gasteiger partial charge in [-0.05, 0) is 12.1 Å². The topological polar surface area (TPSA) is 55.7 Å². The second-order valence-electron chi connectivity index (χ2n) is 6.47. The van der Waals surface area contributed by atoms with Crippen molar-refractivity contribution in [2.75, 3.05) is 44.2 Å². The third-order valence-corrected chi connectivity index (χ3v) is 5.70. The highest BCUT2D eigenvalue weighted by Crippen LogP contribution is 2.22. The lowest BCUT2D eigenvalue weighted by Gasteiger charge is -2.39. The molecule has 0 radical (unpaired) electrons. The number of hydrogen-bond acceptors (Lipinski definition) is 7. The summed E-state index contributed by atoms with van der Waals surface area (Å²) in [5.41, 5.74) is 0. The fourth-order valence-corrected chi connectivity index (χ4v) is 4.34. The van der Waals surface area contributed by atoms with Gasteiger partial charge in [0.05, 0.1) is 12.6 Å². The lowest BCUT2D eigenvalue weighted by atomic mass is 10.1. The van der Waals surface area contributed by atoms with Crippen molar-refractivity contribution in [2.24, 2.45) is 0 Å². The van der Waals surface area contributed by atoms with E-state index in [2.05, 4.69) is 30.7 Å². The Labute approximate surface area is 146 Å². The van der Waals surface area contributed by atoms with Crippen LogP contribution in [0.25, 0.3) is 0 Å². The molecule has 128 valence electrons. The molecular formula is C17H23N5OS. The monoisotopic (exact) mass is 345 g/mol. The highest BCUT2D eigenvalue weighted by atomic mass is 32.1. The number of anilines is 1. The van der Waals surface area contributed by atoms with Gasteiger partial charge in [0.25, 0.3) is 0 Å². The molecule has 1 N–H and O–H groups in total. The number of nitrogens with zero attached hydrogens (tertiary/aromatic N) is 5. The number of aromatic nitrogens is 2. The minimum Gasteiger partial charge on any atom is -0.390 e. The van der Waals surface area contributed by atoms with Crippen LogP contribution >= 0.6 is 11.3 Å². The van der Waals surface area contributed by atoms with E-state index < -0.39 is 0 Å². The molecular weight excluding hydrogens is 322 g/mol. The summed E-state index contributed by atoms with van der Waals surface area (Å²) >= 11 is 1.68. The summed E-state index contributed by atoms with van der Waals surface area (Å²) in [6.07, 6.45) is 3.42. The number of aliphatic hydroxyl groups is 1. The maximum atomic E-state index is 10.5. The molecule has 0 aromatic carbocycles. The van der Waals surface area contributed by atoms with E-state index in [9.17, 15) is 5.11 Å². The molecule has 4 heterocycles. The number of hydrogen-bond donors (Lipinski definition) is 1. The first-order valence-corrected chi connectivity index (χ1v) is 9.36. The standard InChI is InChI=1S/C17H23N5OS/c23-15-12-20(13-17-19-5-10-24-17)11-14(15)21-6-8-22(9-7-21)16-3-1-2-4-18-16/h1-5,10,14-15,23H,6-9,11-13H2/t14-,15-/m1/s1. The van der Waals surface area contributed by atoms with E-state index in [1.54, 1.807) is 11.3 Å². The van der Waals surface area contributed by atoms with Gasteiger partial charge >= 0.3 is 0 Å². The molecule has 2 atom stereocenters. The number of thiazole rings is 1. The molecule has 2 aromatic heterocycles. The summed E-state index contributed by atoms with van der Waals surface area (Å²) in [4.78, 5) is 15.9. The Morgan fingerprint density at radius 3 is 2.67 bits per heavy atom. The van der Waals surface area contributed by atoms with Crippen molar-refractivity contribution in [3.63, 3.8) is 0 Å². The molecule has 2 aliphatic rings. The van der Waals surface area contributed by atoms with Gasteiger partial charge in [0, 0.05) is 63.1 Å². The van der Waals surface area contributed by atoms with Gasteiger partial charge in [-0.2, -0.15) is 0 Å². The molecule has 0 aliphatic carbocycles. The van der Waals surface area contributed by atoms with Gasteiger partial charge in [0.1, 0.15) is 10.8 Å². The van der Waals surface area contributed by atoms with Gasteiger partial charge < -0.3 is 10.0 Å². The van der Waals surface area contributed by atoms with Crippen LogP contribution in [0.1, 0.15) is 5.01 Å². The number of rotatable bonds is 4. The second-order valence-corrected chi connectivity index (χ2v) is 7.44. The molecule has 0 amide bonds. The average molecular weight is 345 g/mol. The number of pyridine rings is 1. The maximum Gasteiger partial charge on any atom is 0.128 e. The van der Waals surface area contributed by atoms with Crippen molar-refractivity contribution in [2.45, 2.75) is 18.7 Å². The lowest BCUT2D eigenvalue weighted by Crippen LogP contribution is -2.53. The highest BCUT2D eigenvalue weighted by molar-refractivity contribution is 7.09. The van der Waals surface area contributed by atoms with E-state index in [0.717, 1.165) is 56.6 Å². The minimum absolute atomic E-state index is 0.232. The normalized spacial score (nSPS) is 26.1. The smallest absolute Gasteiger partial charge is 0.128 e. The van der Waals surface area contributed by atoms with Gasteiger partial charge in [-0.15, -0.1) is 11.3 Å². The molecule has 24 heavy (non-hydrogen) atoms. The van der Waals surface area contributed by atoms with E-state index in [-0.39, 0.29) is 12.1 Å². The number of aliphatic hydroxyl groups excluding tert-OH is 1. The van der Waals surface area contributed by atoms with Crippen LogP contribution in [-0.4, -0.2) is 76.3 Å². The molecule has 4 rings (SSSR count). The summed E-state index contributed by atoms with van der Waals surface area (Å²) < 4.78 is 0. The Morgan fingerprint density at radius 2 is 1.96 bits per heavy atom. The van der Waals surface area contributed by atoms with Gasteiger partial charge in [0.2, 0.25) is 0 Å². The van der Waals surface area contributed by atoms with Crippen molar-refractivity contribution < 1.29 is 5.11 Å². The number of β-amino-alcohol motifs (C(OH)–C–C–N with tert-alkyl or cyclic N) is 1. The third kappa shape index (κ3) is 3.44. The summed E-state index contributed by atoms with van der Waals surface area (Å²) in [5.74, 6) is 1.05. The molecule has 2 fully saturated rings. The van der Waals surface area contributed by atoms with Crippen LogP contribution in [0, 0.1) is 0 Å². The van der Waals surface area contributed by atoms with Crippen LogP contribution in [0.5, 0.6) is 0 Å². The fraction of sp³-hybridized carbons (Fsp3) is 0.529. The van der Waals surface area contributed by atoms with E-state index in [4.69, 9.17) is 0 Å². The number of likely N-dealkylation sites (tertiary alicyclic amines) is 1. The van der Waals surface area contributed by atoms with Gasteiger partial charge in [-0.3, -0.25) is 9.80 Å². The molecule has 2 saturated heterocycles. The van der Waals surface area contributed by atoms with Crippen molar-refractivity contribution >= 4 is 17.2 Å². The molecule has 0 spiro atoms. The quantitative estimate of drug-likeness (QED) is 0.889. The Morgan fingerprint density at radius 1 is 1.08 bits per heavy atom. The molecule has 0 unspecified atom stereocenters. The van der Waals surface area contributed by atoms with Crippen LogP contribution in [0.15, 0.2) is 36.0 Å². The van der Waals surface area contributed by atoms with Crippen LogP contribution < -0.4 is 4.90 Å². The molecule has 2 aliphatic heterocycles. The Balaban J connectivity index is 1.32. The second kappa shape index (κ2) is 7.14. The Bertz CT molecular complexity index is 630. The average Bonchev–Trinajstić information content (AvgIpc) is 3.26. The van der Waals surface area contributed by atoms with Gasteiger partial charge in [-0.1, -0.05) is 6.07 Å². The van der Waals surface area contributed by atoms with Crippen molar-refractivity contribution in [1.82, 2.24) is 19.8 Å². The first-order valence-electron chi connectivity index (χ1n) is 8.48. The predicted octanol–water partition coefficient (Wildman–Crippen LogP) is 0.905. The van der Waals surface area contributed by atoms with Gasteiger partial charge in [-0.25, -0.2) is 9.97 Å². The fourth-order valence-electron chi connectivity index (χ4n) is 3.68. The summed E-state index contributed by atoms with van der Waals surface area (Å²) in [6, 6.07) is 6.28. The Kier molecular flexibility index (Phi) is 4.75. The molecule has 7 heteroatoms. The minimum atomic E-state index is -0.272. The van der Waals surface area contributed by atoms with Crippen molar-refractivity contribution in [1.29, 1.82) is 0 Å². The number of piperazine rings is 1. The van der Waals surface area contributed by atoms with E-state index in [1.807, 2.05) is 29.9 Å². The van der Waals surface area contributed by atoms with Crippen LogP contribution in [-0.2, 0) is 6.54 Å². The zero-order chi connectivity index (χ0) is 16.4. The summed E-state index contributed by atoms with van der Waals surface area (Å²) in [7, 11) is 0. The zero-order valence-corrected chi connectivity index (χ0v) is 14.5. The first kappa shape index (κ1) is 16.0. The maximum absolute atomic E-state index is 10.5. The van der Waals surface area contributed by atoms with Crippen LogP contribution in [0.4, 0.5) is 5.82 Å². The Hall–Kier alpha value is -1.54.